The van der Waals surface area contributed by atoms with E-state index in [0.717, 1.165) is 5.56 Å². The van der Waals surface area contributed by atoms with Gasteiger partial charge in [0, 0.05) is 23.8 Å². The standard InChI is InChI=1S/C23H27ClN2O5S/c1-16(2)17-3-9-21(10-4-17)32(29,30)26-13-11-18(12-14-26)23(28)31-15-22(27)25-20-7-5-19(24)6-8-20/h3-10,16,18H,11-15H2,1-2H3,(H,25,27). The lowest BCUT2D eigenvalue weighted by molar-refractivity contribution is -0.152. The molecule has 2 aromatic rings. The molecule has 0 atom stereocenters. The minimum Gasteiger partial charge on any atom is -0.455 e. The van der Waals surface area contributed by atoms with Gasteiger partial charge in [0.2, 0.25) is 10.0 Å². The van der Waals surface area contributed by atoms with E-state index in [1.165, 1.54) is 4.31 Å². The summed E-state index contributed by atoms with van der Waals surface area (Å²) in [6.45, 7) is 4.15. The summed E-state index contributed by atoms with van der Waals surface area (Å²) in [5.41, 5.74) is 1.63. The number of nitrogens with one attached hydrogen (secondary N) is 1. The van der Waals surface area contributed by atoms with Crippen molar-refractivity contribution in [3.05, 3.63) is 59.1 Å². The Bertz CT molecular complexity index is 1040. The third kappa shape index (κ3) is 6.09. The Morgan fingerprint density at radius 3 is 2.22 bits per heavy atom. The van der Waals surface area contributed by atoms with Crippen molar-refractivity contribution in [2.24, 2.45) is 5.92 Å². The van der Waals surface area contributed by atoms with Gasteiger partial charge in [-0.1, -0.05) is 37.6 Å². The van der Waals surface area contributed by atoms with Crippen LogP contribution in [-0.4, -0.2) is 44.3 Å². The Morgan fingerprint density at radius 2 is 1.66 bits per heavy atom. The minimum atomic E-state index is -3.61. The van der Waals surface area contributed by atoms with E-state index in [4.69, 9.17) is 16.3 Å². The molecule has 1 N–H and O–H groups in total. The predicted octanol–water partition coefficient (Wildman–Crippen LogP) is 4.05. The molecule has 32 heavy (non-hydrogen) atoms. The van der Waals surface area contributed by atoms with Crippen LogP contribution in [0.25, 0.3) is 0 Å². The number of carbonyl (C=O) groups is 2. The van der Waals surface area contributed by atoms with Gasteiger partial charge in [0.05, 0.1) is 10.8 Å². The summed E-state index contributed by atoms with van der Waals surface area (Å²) < 4.78 is 32.3. The molecule has 0 radical (unpaired) electrons. The van der Waals surface area contributed by atoms with E-state index in [2.05, 4.69) is 19.2 Å². The molecule has 0 aliphatic carbocycles. The number of benzene rings is 2. The van der Waals surface area contributed by atoms with Gasteiger partial charge in [0.25, 0.3) is 5.91 Å². The number of rotatable bonds is 7. The molecule has 3 rings (SSSR count). The summed E-state index contributed by atoms with van der Waals surface area (Å²) in [7, 11) is -3.61. The Balaban J connectivity index is 1.48. The molecule has 2 aromatic carbocycles. The zero-order chi connectivity index (χ0) is 23.3. The topological polar surface area (TPSA) is 92.8 Å². The van der Waals surface area contributed by atoms with Gasteiger partial charge in [0.1, 0.15) is 0 Å². The molecule has 1 fully saturated rings. The molecule has 0 spiro atoms. The van der Waals surface area contributed by atoms with E-state index >= 15 is 0 Å². The van der Waals surface area contributed by atoms with Gasteiger partial charge in [-0.3, -0.25) is 9.59 Å². The first-order valence-corrected chi connectivity index (χ1v) is 12.3. The number of halogens is 1. The van der Waals surface area contributed by atoms with Crippen LogP contribution in [0.3, 0.4) is 0 Å². The van der Waals surface area contributed by atoms with Crippen LogP contribution in [0.4, 0.5) is 5.69 Å². The number of hydrogen-bond donors (Lipinski definition) is 1. The summed E-state index contributed by atoms with van der Waals surface area (Å²) in [6, 6.07) is 13.5. The average molecular weight is 479 g/mol. The molecule has 7 nitrogen and oxygen atoms in total. The first-order chi connectivity index (χ1) is 15.2. The van der Waals surface area contributed by atoms with Crippen LogP contribution in [-0.2, 0) is 24.3 Å². The summed E-state index contributed by atoms with van der Waals surface area (Å²) in [5.74, 6) is -1.06. The minimum absolute atomic E-state index is 0.227. The molecule has 0 saturated carbocycles. The molecule has 1 saturated heterocycles. The number of anilines is 1. The number of ether oxygens (including phenoxy) is 1. The number of nitrogens with zero attached hydrogens (tertiary/aromatic N) is 1. The van der Waals surface area contributed by atoms with Crippen LogP contribution in [0.5, 0.6) is 0 Å². The zero-order valence-electron chi connectivity index (χ0n) is 18.1. The van der Waals surface area contributed by atoms with Crippen LogP contribution in [0.15, 0.2) is 53.4 Å². The number of amides is 1. The fourth-order valence-electron chi connectivity index (χ4n) is 3.49. The second kappa shape index (κ2) is 10.5. The molecule has 9 heteroatoms. The van der Waals surface area contributed by atoms with Crippen LogP contribution < -0.4 is 5.32 Å². The van der Waals surface area contributed by atoms with Crippen molar-refractivity contribution in [2.75, 3.05) is 25.0 Å². The Hall–Kier alpha value is -2.42. The highest BCUT2D eigenvalue weighted by molar-refractivity contribution is 7.89. The van der Waals surface area contributed by atoms with Crippen LogP contribution >= 0.6 is 11.6 Å². The number of esters is 1. The number of hydrogen-bond acceptors (Lipinski definition) is 5. The fraction of sp³-hybridized carbons (Fsp3) is 0.391. The van der Waals surface area contributed by atoms with Gasteiger partial charge in [-0.2, -0.15) is 4.31 Å². The predicted molar refractivity (Wildman–Crippen MR) is 123 cm³/mol. The molecule has 1 heterocycles. The Morgan fingerprint density at radius 1 is 1.06 bits per heavy atom. The van der Waals surface area contributed by atoms with Crippen molar-refractivity contribution < 1.29 is 22.7 Å². The first-order valence-electron chi connectivity index (χ1n) is 10.5. The second-order valence-corrected chi connectivity index (χ2v) is 10.4. The average Bonchev–Trinajstić information content (AvgIpc) is 2.79. The third-order valence-electron chi connectivity index (χ3n) is 5.45. The van der Waals surface area contributed by atoms with Gasteiger partial charge >= 0.3 is 5.97 Å². The molecule has 0 aromatic heterocycles. The Kier molecular flexibility index (Phi) is 7.92. The van der Waals surface area contributed by atoms with E-state index in [1.807, 2.05) is 12.1 Å². The highest BCUT2D eigenvalue weighted by atomic mass is 35.5. The largest absolute Gasteiger partial charge is 0.455 e. The lowest BCUT2D eigenvalue weighted by Crippen LogP contribution is -2.40. The molecule has 1 amide bonds. The number of carbonyl (C=O) groups excluding carboxylic acids is 2. The molecule has 0 bridgehead atoms. The number of piperidine rings is 1. The monoisotopic (exact) mass is 478 g/mol. The van der Waals surface area contributed by atoms with E-state index in [1.54, 1.807) is 36.4 Å². The fourth-order valence-corrected chi connectivity index (χ4v) is 5.09. The van der Waals surface area contributed by atoms with Crippen molar-refractivity contribution in [2.45, 2.75) is 37.5 Å². The summed E-state index contributed by atoms with van der Waals surface area (Å²) in [5, 5.41) is 3.17. The summed E-state index contributed by atoms with van der Waals surface area (Å²) >= 11 is 5.80. The van der Waals surface area contributed by atoms with Crippen molar-refractivity contribution in [3.8, 4) is 0 Å². The zero-order valence-corrected chi connectivity index (χ0v) is 19.7. The van der Waals surface area contributed by atoms with Crippen LogP contribution in [0.2, 0.25) is 5.02 Å². The van der Waals surface area contributed by atoms with Gasteiger partial charge in [0.15, 0.2) is 6.61 Å². The number of sulfonamides is 1. The van der Waals surface area contributed by atoms with Crippen LogP contribution in [0, 0.1) is 5.92 Å². The highest BCUT2D eigenvalue weighted by Crippen LogP contribution is 2.26. The highest BCUT2D eigenvalue weighted by Gasteiger charge is 2.33. The Labute approximate surface area is 193 Å². The van der Waals surface area contributed by atoms with E-state index in [-0.39, 0.29) is 18.0 Å². The maximum absolute atomic E-state index is 12.9. The molecule has 172 valence electrons. The van der Waals surface area contributed by atoms with Crippen molar-refractivity contribution in [1.29, 1.82) is 0 Å². The molecular weight excluding hydrogens is 452 g/mol. The molecule has 1 aliphatic heterocycles. The first kappa shape index (κ1) is 24.2. The SMILES string of the molecule is CC(C)c1ccc(S(=O)(=O)N2CCC(C(=O)OCC(=O)Nc3ccc(Cl)cc3)CC2)cc1. The van der Waals surface area contributed by atoms with Crippen molar-refractivity contribution in [1.82, 2.24) is 4.31 Å². The van der Waals surface area contributed by atoms with E-state index < -0.39 is 34.4 Å². The van der Waals surface area contributed by atoms with Crippen molar-refractivity contribution >= 4 is 39.2 Å². The maximum atomic E-state index is 12.9. The van der Waals surface area contributed by atoms with E-state index in [9.17, 15) is 18.0 Å². The normalized spacial score (nSPS) is 15.5. The summed E-state index contributed by atoms with van der Waals surface area (Å²) in [6.07, 6.45) is 0.696. The third-order valence-corrected chi connectivity index (χ3v) is 7.61. The quantitative estimate of drug-likeness (QED) is 0.606. The van der Waals surface area contributed by atoms with Crippen molar-refractivity contribution in [3.63, 3.8) is 0 Å². The molecule has 1 aliphatic rings. The van der Waals surface area contributed by atoms with Crippen LogP contribution in [0.1, 0.15) is 38.2 Å². The van der Waals surface area contributed by atoms with Gasteiger partial charge in [-0.15, -0.1) is 0 Å². The lowest BCUT2D eigenvalue weighted by Gasteiger charge is -2.30. The van der Waals surface area contributed by atoms with Gasteiger partial charge < -0.3 is 10.1 Å². The van der Waals surface area contributed by atoms with Gasteiger partial charge in [-0.25, -0.2) is 8.42 Å². The molecular formula is C23H27ClN2O5S. The lowest BCUT2D eigenvalue weighted by atomic mass is 9.98. The summed E-state index contributed by atoms with van der Waals surface area (Å²) in [4.78, 5) is 24.6. The van der Waals surface area contributed by atoms with Gasteiger partial charge in [-0.05, 0) is 60.7 Å². The second-order valence-electron chi connectivity index (χ2n) is 8.06. The van der Waals surface area contributed by atoms with E-state index in [0.29, 0.717) is 29.5 Å². The smallest absolute Gasteiger partial charge is 0.309 e. The molecule has 0 unspecified atom stereocenters. The maximum Gasteiger partial charge on any atom is 0.309 e.